The third-order valence-corrected chi connectivity index (χ3v) is 7.47. The molecule has 2 aromatic heterocycles. The number of ether oxygens (including phenoxy) is 1. The molecular weight excluding hydrogens is 480 g/mol. The number of pyridine rings is 1. The Morgan fingerprint density at radius 2 is 1.63 bits per heavy atom. The van der Waals surface area contributed by atoms with E-state index in [0.29, 0.717) is 11.3 Å². The zero-order chi connectivity index (χ0) is 27.7. The molecular formula is C31H36N2O5. The summed E-state index contributed by atoms with van der Waals surface area (Å²) in [5, 5.41) is 0. The molecule has 38 heavy (non-hydrogen) atoms. The number of rotatable bonds is 8. The van der Waals surface area contributed by atoms with Gasteiger partial charge in [0.25, 0.3) is 5.91 Å². The SMILES string of the molecule is CCOC(=O)CN(Cc1ccccn1)C(=O)c1ccc(C(=O)c2cc3c(cc2C)C(C)(C)CCC3(C)C)o1. The number of fused-ring (bicyclic) bond motifs is 1. The number of nitrogens with zero attached hydrogens (tertiary/aromatic N) is 2. The van der Waals surface area contributed by atoms with Crippen LogP contribution in [0.1, 0.15) is 96.5 Å². The first-order valence-corrected chi connectivity index (χ1v) is 13.1. The smallest absolute Gasteiger partial charge is 0.325 e. The van der Waals surface area contributed by atoms with Gasteiger partial charge >= 0.3 is 5.97 Å². The highest BCUT2D eigenvalue weighted by Crippen LogP contribution is 2.46. The Balaban J connectivity index is 1.63. The molecule has 7 nitrogen and oxygen atoms in total. The third kappa shape index (κ3) is 5.57. The lowest BCUT2D eigenvalue weighted by atomic mass is 9.62. The Hall–Kier alpha value is -3.74. The molecule has 200 valence electrons. The Labute approximate surface area is 224 Å². The molecule has 3 aromatic rings. The Bertz CT molecular complexity index is 1350. The van der Waals surface area contributed by atoms with Gasteiger partial charge in [-0.3, -0.25) is 19.4 Å². The molecule has 0 unspecified atom stereocenters. The van der Waals surface area contributed by atoms with Crippen LogP contribution in [0.25, 0.3) is 0 Å². The number of carbonyl (C=O) groups excluding carboxylic acids is 3. The van der Waals surface area contributed by atoms with Gasteiger partial charge in [-0.15, -0.1) is 0 Å². The van der Waals surface area contributed by atoms with Gasteiger partial charge in [0.15, 0.2) is 11.5 Å². The van der Waals surface area contributed by atoms with Crippen LogP contribution < -0.4 is 0 Å². The lowest BCUT2D eigenvalue weighted by molar-refractivity contribution is -0.144. The summed E-state index contributed by atoms with van der Waals surface area (Å²) in [6.45, 7) is 12.6. The number of esters is 1. The van der Waals surface area contributed by atoms with Crippen molar-refractivity contribution >= 4 is 17.7 Å². The van der Waals surface area contributed by atoms with Gasteiger partial charge in [-0.1, -0.05) is 39.8 Å². The van der Waals surface area contributed by atoms with E-state index in [-0.39, 0.29) is 47.8 Å². The van der Waals surface area contributed by atoms with Crippen molar-refractivity contribution in [1.29, 1.82) is 0 Å². The summed E-state index contributed by atoms with van der Waals surface area (Å²) in [6, 6.07) is 12.5. The van der Waals surface area contributed by atoms with Gasteiger partial charge in [-0.2, -0.15) is 0 Å². The zero-order valence-electron chi connectivity index (χ0n) is 23.1. The molecule has 4 rings (SSSR count). The van der Waals surface area contributed by atoms with Crippen molar-refractivity contribution in [1.82, 2.24) is 9.88 Å². The highest BCUT2D eigenvalue weighted by molar-refractivity contribution is 6.09. The fraction of sp³-hybridized carbons (Fsp3) is 0.419. The number of furan rings is 1. The predicted octanol–water partition coefficient (Wildman–Crippen LogP) is 5.77. The van der Waals surface area contributed by atoms with Crippen LogP contribution in [0.15, 0.2) is 53.1 Å². The second-order valence-electron chi connectivity index (χ2n) is 11.3. The van der Waals surface area contributed by atoms with E-state index < -0.39 is 11.9 Å². The lowest BCUT2D eigenvalue weighted by Crippen LogP contribution is -2.36. The molecule has 1 amide bonds. The van der Waals surface area contributed by atoms with Crippen molar-refractivity contribution in [2.24, 2.45) is 0 Å². The summed E-state index contributed by atoms with van der Waals surface area (Å²) < 4.78 is 10.8. The monoisotopic (exact) mass is 516 g/mol. The molecule has 0 fully saturated rings. The topological polar surface area (TPSA) is 89.7 Å². The summed E-state index contributed by atoms with van der Waals surface area (Å²) >= 11 is 0. The van der Waals surface area contributed by atoms with Crippen LogP contribution in [0.2, 0.25) is 0 Å². The fourth-order valence-corrected chi connectivity index (χ4v) is 5.08. The van der Waals surface area contributed by atoms with Gasteiger partial charge in [0.1, 0.15) is 6.54 Å². The lowest BCUT2D eigenvalue weighted by Gasteiger charge is -2.42. The van der Waals surface area contributed by atoms with Crippen LogP contribution >= 0.6 is 0 Å². The average molecular weight is 517 g/mol. The summed E-state index contributed by atoms with van der Waals surface area (Å²) in [4.78, 5) is 44.7. The highest BCUT2D eigenvalue weighted by atomic mass is 16.5. The normalized spacial score (nSPS) is 15.4. The molecule has 0 saturated heterocycles. The number of ketones is 1. The van der Waals surface area contributed by atoms with E-state index >= 15 is 0 Å². The second kappa shape index (κ2) is 10.6. The maximum absolute atomic E-state index is 13.6. The van der Waals surface area contributed by atoms with E-state index in [1.165, 1.54) is 28.2 Å². The van der Waals surface area contributed by atoms with Crippen LogP contribution in [0.4, 0.5) is 0 Å². The fourth-order valence-electron chi connectivity index (χ4n) is 5.08. The number of carbonyl (C=O) groups is 3. The number of hydrogen-bond donors (Lipinski definition) is 0. The quantitative estimate of drug-likeness (QED) is 0.279. The number of amides is 1. The molecule has 1 aromatic carbocycles. The number of hydrogen-bond acceptors (Lipinski definition) is 6. The number of aromatic nitrogens is 1. The Kier molecular flexibility index (Phi) is 7.58. The van der Waals surface area contributed by atoms with Gasteiger partial charge in [-0.25, -0.2) is 0 Å². The Morgan fingerprint density at radius 1 is 0.974 bits per heavy atom. The molecule has 1 aliphatic carbocycles. The van der Waals surface area contributed by atoms with Crippen molar-refractivity contribution in [3.05, 3.63) is 88.1 Å². The second-order valence-corrected chi connectivity index (χ2v) is 11.3. The minimum atomic E-state index is -0.533. The maximum Gasteiger partial charge on any atom is 0.325 e. The number of aryl methyl sites for hydroxylation is 1. The van der Waals surface area contributed by atoms with Crippen molar-refractivity contribution in [3.63, 3.8) is 0 Å². The van der Waals surface area contributed by atoms with Crippen molar-refractivity contribution in [2.45, 2.75) is 71.8 Å². The largest absolute Gasteiger partial charge is 0.465 e. The Morgan fingerprint density at radius 3 is 2.26 bits per heavy atom. The summed E-state index contributed by atoms with van der Waals surface area (Å²) in [5.41, 5.74) is 4.52. The third-order valence-electron chi connectivity index (χ3n) is 7.47. The molecule has 0 aliphatic heterocycles. The standard InChI is InChI=1S/C31H36N2O5/c1-7-37-27(34)19-33(18-21-10-8-9-15-32-21)29(36)26-12-11-25(38-26)28(35)22-17-24-23(16-20(22)2)30(3,4)13-14-31(24,5)6/h8-12,15-17H,7,13-14,18-19H2,1-6H3. The van der Waals surface area contributed by atoms with E-state index in [9.17, 15) is 14.4 Å². The molecule has 0 saturated carbocycles. The van der Waals surface area contributed by atoms with Gasteiger partial charge in [0.2, 0.25) is 5.78 Å². The van der Waals surface area contributed by atoms with Gasteiger partial charge < -0.3 is 14.1 Å². The molecule has 1 aliphatic rings. The van der Waals surface area contributed by atoms with E-state index in [4.69, 9.17) is 9.15 Å². The van der Waals surface area contributed by atoms with E-state index in [1.54, 1.807) is 25.3 Å². The van der Waals surface area contributed by atoms with E-state index in [2.05, 4.69) is 38.7 Å². The summed E-state index contributed by atoms with van der Waals surface area (Å²) in [5.74, 6) is -1.27. The first-order chi connectivity index (χ1) is 17.9. The van der Waals surface area contributed by atoms with Crippen molar-refractivity contribution in [3.8, 4) is 0 Å². The van der Waals surface area contributed by atoms with Crippen LogP contribution in [0.5, 0.6) is 0 Å². The van der Waals surface area contributed by atoms with E-state index in [1.807, 2.05) is 19.1 Å². The van der Waals surface area contributed by atoms with Crippen molar-refractivity contribution < 1.29 is 23.5 Å². The minimum absolute atomic E-state index is 0.0225. The molecule has 7 heteroatoms. The first-order valence-electron chi connectivity index (χ1n) is 13.1. The molecule has 0 spiro atoms. The van der Waals surface area contributed by atoms with Crippen LogP contribution in [0, 0.1) is 6.92 Å². The predicted molar refractivity (Wildman–Crippen MR) is 144 cm³/mol. The summed E-state index contributed by atoms with van der Waals surface area (Å²) in [6.07, 6.45) is 3.75. The molecule has 0 bridgehead atoms. The van der Waals surface area contributed by atoms with Crippen LogP contribution in [0.3, 0.4) is 0 Å². The molecule has 0 atom stereocenters. The maximum atomic E-state index is 13.6. The average Bonchev–Trinajstić information content (AvgIpc) is 3.37. The molecule has 0 radical (unpaired) electrons. The van der Waals surface area contributed by atoms with Gasteiger partial charge in [-0.05, 0) is 84.5 Å². The van der Waals surface area contributed by atoms with Gasteiger partial charge in [0.05, 0.1) is 18.8 Å². The highest BCUT2D eigenvalue weighted by Gasteiger charge is 2.38. The molecule has 0 N–H and O–H groups in total. The number of benzene rings is 1. The first kappa shape index (κ1) is 27.3. The van der Waals surface area contributed by atoms with Gasteiger partial charge in [0, 0.05) is 11.8 Å². The molecule has 2 heterocycles. The summed E-state index contributed by atoms with van der Waals surface area (Å²) in [7, 11) is 0. The van der Waals surface area contributed by atoms with Crippen molar-refractivity contribution in [2.75, 3.05) is 13.2 Å². The van der Waals surface area contributed by atoms with E-state index in [0.717, 1.165) is 18.4 Å². The van der Waals surface area contributed by atoms with Crippen LogP contribution in [-0.4, -0.2) is 40.7 Å². The minimum Gasteiger partial charge on any atom is -0.465 e. The zero-order valence-corrected chi connectivity index (χ0v) is 23.1. The van der Waals surface area contributed by atoms with Crippen LogP contribution in [-0.2, 0) is 26.9 Å².